The average Bonchev–Trinajstić information content (AvgIpc) is 3.03. The molecule has 0 aromatic heterocycles. The SMILES string of the molecule is CCN(CC)CCN1C(=O)C(O)=C(C(=O)CC(C)C)C1c1cc(OC)c(OC)c(OC)c1. The van der Waals surface area contributed by atoms with Gasteiger partial charge in [-0.3, -0.25) is 9.59 Å². The lowest BCUT2D eigenvalue weighted by Crippen LogP contribution is -2.38. The van der Waals surface area contributed by atoms with E-state index in [0.717, 1.165) is 13.1 Å². The average molecular weight is 449 g/mol. The number of hydrogen-bond donors (Lipinski definition) is 1. The predicted molar refractivity (Wildman–Crippen MR) is 122 cm³/mol. The van der Waals surface area contributed by atoms with Crippen molar-refractivity contribution in [3.05, 3.63) is 29.0 Å². The van der Waals surface area contributed by atoms with Gasteiger partial charge in [0.15, 0.2) is 23.0 Å². The summed E-state index contributed by atoms with van der Waals surface area (Å²) in [5.41, 5.74) is 0.737. The van der Waals surface area contributed by atoms with E-state index in [0.29, 0.717) is 35.9 Å². The number of rotatable bonds is 12. The van der Waals surface area contributed by atoms with Crippen LogP contribution in [0.4, 0.5) is 0 Å². The first-order valence-corrected chi connectivity index (χ1v) is 11.0. The molecule has 2 rings (SSSR count). The molecule has 0 radical (unpaired) electrons. The summed E-state index contributed by atoms with van der Waals surface area (Å²) in [5, 5.41) is 10.7. The predicted octanol–water partition coefficient (Wildman–Crippen LogP) is 3.36. The van der Waals surface area contributed by atoms with Gasteiger partial charge in [-0.05, 0) is 36.7 Å². The zero-order chi connectivity index (χ0) is 24.0. The number of likely N-dealkylation sites (N-methyl/N-ethyl adjacent to an activating group) is 1. The molecule has 1 aliphatic rings. The Balaban J connectivity index is 2.61. The van der Waals surface area contributed by atoms with Crippen molar-refractivity contribution in [2.45, 2.75) is 40.2 Å². The van der Waals surface area contributed by atoms with Crippen LogP contribution < -0.4 is 14.2 Å². The molecule has 178 valence electrons. The topological polar surface area (TPSA) is 88.5 Å². The van der Waals surface area contributed by atoms with Gasteiger partial charge >= 0.3 is 0 Å². The van der Waals surface area contributed by atoms with Gasteiger partial charge in [0, 0.05) is 19.5 Å². The fourth-order valence-electron chi connectivity index (χ4n) is 4.04. The van der Waals surface area contributed by atoms with Crippen LogP contribution in [-0.2, 0) is 9.59 Å². The highest BCUT2D eigenvalue weighted by Gasteiger charge is 2.43. The number of aliphatic hydroxyl groups is 1. The van der Waals surface area contributed by atoms with E-state index in [2.05, 4.69) is 18.7 Å². The molecule has 0 fully saturated rings. The number of Topliss-reactive ketones (excluding diaryl/α,β-unsaturated/α-hetero) is 1. The van der Waals surface area contributed by atoms with Crippen LogP contribution in [0.3, 0.4) is 0 Å². The second kappa shape index (κ2) is 11.2. The third kappa shape index (κ3) is 5.18. The van der Waals surface area contributed by atoms with Crippen molar-refractivity contribution in [3.8, 4) is 17.2 Å². The van der Waals surface area contributed by atoms with Crippen molar-refractivity contribution in [1.82, 2.24) is 9.80 Å². The molecule has 0 spiro atoms. The van der Waals surface area contributed by atoms with E-state index < -0.39 is 17.7 Å². The van der Waals surface area contributed by atoms with Gasteiger partial charge in [-0.25, -0.2) is 0 Å². The second-order valence-electron chi connectivity index (χ2n) is 8.17. The fraction of sp³-hybridized carbons (Fsp3) is 0.583. The van der Waals surface area contributed by atoms with Crippen molar-refractivity contribution in [1.29, 1.82) is 0 Å². The van der Waals surface area contributed by atoms with E-state index in [4.69, 9.17) is 14.2 Å². The van der Waals surface area contributed by atoms with Crippen LogP contribution in [0, 0.1) is 5.92 Å². The van der Waals surface area contributed by atoms with Crippen molar-refractivity contribution < 1.29 is 28.9 Å². The maximum atomic E-state index is 13.1. The Hall–Kier alpha value is -2.74. The third-order valence-corrected chi connectivity index (χ3v) is 5.75. The minimum atomic E-state index is -0.738. The summed E-state index contributed by atoms with van der Waals surface area (Å²) >= 11 is 0. The van der Waals surface area contributed by atoms with Crippen LogP contribution in [0.2, 0.25) is 0 Å². The van der Waals surface area contributed by atoms with E-state index in [1.807, 2.05) is 13.8 Å². The Morgan fingerprint density at radius 3 is 2.09 bits per heavy atom. The molecular formula is C24H36N2O6. The Labute approximate surface area is 190 Å². The van der Waals surface area contributed by atoms with Gasteiger partial charge in [0.2, 0.25) is 5.75 Å². The molecule has 1 aliphatic heterocycles. The molecule has 0 aliphatic carbocycles. The molecular weight excluding hydrogens is 412 g/mol. The van der Waals surface area contributed by atoms with Crippen molar-refractivity contribution >= 4 is 11.7 Å². The summed E-state index contributed by atoms with van der Waals surface area (Å²) in [4.78, 5) is 29.9. The molecule has 8 nitrogen and oxygen atoms in total. The summed E-state index contributed by atoms with van der Waals surface area (Å²) < 4.78 is 16.4. The van der Waals surface area contributed by atoms with E-state index in [9.17, 15) is 14.7 Å². The number of ether oxygens (including phenoxy) is 3. The van der Waals surface area contributed by atoms with Gasteiger partial charge in [-0.2, -0.15) is 0 Å². The number of carbonyl (C=O) groups is 2. The van der Waals surface area contributed by atoms with Crippen LogP contribution in [0.15, 0.2) is 23.5 Å². The standard InChI is InChI=1S/C24H36N2O6/c1-8-25(9-2)10-11-26-21(20(22(28)24(26)29)17(27)12-15(3)4)16-13-18(30-5)23(32-7)19(14-16)31-6/h13-15,21,28H,8-12H2,1-7H3. The van der Waals surface area contributed by atoms with Crippen LogP contribution in [0.25, 0.3) is 0 Å². The van der Waals surface area contributed by atoms with Crippen LogP contribution in [0.5, 0.6) is 17.2 Å². The number of aliphatic hydroxyl groups excluding tert-OH is 1. The van der Waals surface area contributed by atoms with Crippen LogP contribution >= 0.6 is 0 Å². The molecule has 0 bridgehead atoms. The van der Waals surface area contributed by atoms with Gasteiger partial charge in [-0.1, -0.05) is 27.7 Å². The monoisotopic (exact) mass is 448 g/mol. The Bertz CT molecular complexity index is 835. The Kier molecular flexibility index (Phi) is 8.95. The smallest absolute Gasteiger partial charge is 0.290 e. The quantitative estimate of drug-likeness (QED) is 0.524. The molecule has 8 heteroatoms. The zero-order valence-corrected chi connectivity index (χ0v) is 20.2. The van der Waals surface area contributed by atoms with E-state index in [-0.39, 0.29) is 23.7 Å². The lowest BCUT2D eigenvalue weighted by atomic mass is 9.91. The lowest BCUT2D eigenvalue weighted by molar-refractivity contribution is -0.129. The summed E-state index contributed by atoms with van der Waals surface area (Å²) in [6.07, 6.45) is 0.234. The van der Waals surface area contributed by atoms with Crippen molar-refractivity contribution in [2.24, 2.45) is 5.92 Å². The first kappa shape index (κ1) is 25.5. The van der Waals surface area contributed by atoms with E-state index >= 15 is 0 Å². The Morgan fingerprint density at radius 2 is 1.66 bits per heavy atom. The minimum absolute atomic E-state index is 0.0863. The first-order chi connectivity index (χ1) is 15.2. The fourth-order valence-corrected chi connectivity index (χ4v) is 4.04. The van der Waals surface area contributed by atoms with Gasteiger partial charge in [0.1, 0.15) is 0 Å². The summed E-state index contributed by atoms with van der Waals surface area (Å²) in [7, 11) is 4.53. The number of methoxy groups -OCH3 is 3. The zero-order valence-electron chi connectivity index (χ0n) is 20.2. The number of ketones is 1. The molecule has 1 aromatic rings. The number of nitrogens with zero attached hydrogens (tertiary/aromatic N) is 2. The molecule has 1 atom stereocenters. The van der Waals surface area contributed by atoms with Crippen LogP contribution in [0.1, 0.15) is 45.7 Å². The van der Waals surface area contributed by atoms with Gasteiger partial charge in [-0.15, -0.1) is 0 Å². The van der Waals surface area contributed by atoms with Crippen molar-refractivity contribution in [2.75, 3.05) is 47.5 Å². The highest BCUT2D eigenvalue weighted by molar-refractivity contribution is 6.09. The number of carbonyl (C=O) groups excluding carboxylic acids is 2. The minimum Gasteiger partial charge on any atom is -0.503 e. The second-order valence-corrected chi connectivity index (χ2v) is 8.17. The first-order valence-electron chi connectivity index (χ1n) is 11.0. The van der Waals surface area contributed by atoms with Gasteiger partial charge in [0.25, 0.3) is 5.91 Å². The molecule has 0 saturated carbocycles. The number of amides is 1. The van der Waals surface area contributed by atoms with E-state index in [1.165, 1.54) is 21.3 Å². The molecule has 1 aromatic carbocycles. The van der Waals surface area contributed by atoms with Gasteiger partial charge < -0.3 is 29.1 Å². The maximum Gasteiger partial charge on any atom is 0.290 e. The third-order valence-electron chi connectivity index (χ3n) is 5.75. The number of benzene rings is 1. The molecule has 1 unspecified atom stereocenters. The van der Waals surface area contributed by atoms with Crippen LogP contribution in [-0.4, -0.2) is 74.1 Å². The highest BCUT2D eigenvalue weighted by Crippen LogP contribution is 2.45. The Morgan fingerprint density at radius 1 is 1.09 bits per heavy atom. The summed E-state index contributed by atoms with van der Waals surface area (Å²) in [6.45, 7) is 10.6. The van der Waals surface area contributed by atoms with Crippen molar-refractivity contribution in [3.63, 3.8) is 0 Å². The molecule has 32 heavy (non-hydrogen) atoms. The molecule has 1 heterocycles. The largest absolute Gasteiger partial charge is 0.503 e. The normalized spacial score (nSPS) is 16.3. The summed E-state index contributed by atoms with van der Waals surface area (Å²) in [5.74, 6) is 0.0798. The highest BCUT2D eigenvalue weighted by atomic mass is 16.5. The molecule has 1 N–H and O–H groups in total. The molecule has 0 saturated heterocycles. The number of hydrogen-bond acceptors (Lipinski definition) is 7. The van der Waals surface area contributed by atoms with Gasteiger partial charge in [0.05, 0.1) is 32.9 Å². The summed E-state index contributed by atoms with van der Waals surface area (Å²) in [6, 6.07) is 2.72. The lowest BCUT2D eigenvalue weighted by Gasteiger charge is -2.30. The van der Waals surface area contributed by atoms with E-state index in [1.54, 1.807) is 17.0 Å². The maximum absolute atomic E-state index is 13.1. The molecule has 1 amide bonds.